The van der Waals surface area contributed by atoms with Gasteiger partial charge in [-0.15, -0.1) is 12.4 Å². The number of benzene rings is 1. The smallest absolute Gasteiger partial charge is 0.237 e. The van der Waals surface area contributed by atoms with Crippen LogP contribution in [0.1, 0.15) is 24.0 Å². The quantitative estimate of drug-likeness (QED) is 0.744. The molecule has 1 aliphatic rings. The molecule has 0 saturated carbocycles. The lowest BCUT2D eigenvalue weighted by atomic mass is 9.88. The average molecular weight is 298 g/mol. The molecule has 5 nitrogen and oxygen atoms in total. The Balaban J connectivity index is 0.00000200. The number of aryl methyl sites for hydroxylation is 1. The van der Waals surface area contributed by atoms with E-state index >= 15 is 0 Å². The molecule has 1 aromatic rings. The van der Waals surface area contributed by atoms with Crippen LogP contribution in [0.25, 0.3) is 0 Å². The maximum atomic E-state index is 11.8. The fourth-order valence-electron chi connectivity index (χ4n) is 2.44. The van der Waals surface area contributed by atoms with Gasteiger partial charge in [-0.1, -0.05) is 24.3 Å². The van der Waals surface area contributed by atoms with E-state index in [9.17, 15) is 9.59 Å². The molecule has 1 aliphatic carbocycles. The second-order valence-electron chi connectivity index (χ2n) is 4.99. The Morgan fingerprint density at radius 3 is 2.60 bits per heavy atom. The number of rotatable bonds is 4. The molecular formula is C14H20ClN3O2. The highest BCUT2D eigenvalue weighted by atomic mass is 35.5. The molecule has 2 rings (SSSR count). The first-order chi connectivity index (χ1) is 9.06. The fourth-order valence-corrected chi connectivity index (χ4v) is 2.44. The van der Waals surface area contributed by atoms with Crippen LogP contribution in [0, 0.1) is 0 Å². The van der Waals surface area contributed by atoms with Crippen molar-refractivity contribution in [2.24, 2.45) is 11.5 Å². The van der Waals surface area contributed by atoms with Gasteiger partial charge in [0.05, 0.1) is 12.5 Å². The molecular weight excluding hydrogens is 278 g/mol. The zero-order chi connectivity index (χ0) is 13.8. The van der Waals surface area contributed by atoms with Gasteiger partial charge in [0.25, 0.3) is 0 Å². The van der Waals surface area contributed by atoms with Gasteiger partial charge in [0.1, 0.15) is 0 Å². The number of fused-ring (bicyclic) bond motifs is 1. The lowest BCUT2D eigenvalue weighted by Crippen LogP contribution is -2.48. The third kappa shape index (κ3) is 4.21. The summed E-state index contributed by atoms with van der Waals surface area (Å²) in [5, 5.41) is 2.89. The summed E-state index contributed by atoms with van der Waals surface area (Å²) in [4.78, 5) is 22.5. The molecule has 6 heteroatoms. The number of nitrogens with one attached hydrogen (secondary N) is 1. The van der Waals surface area contributed by atoms with Crippen LogP contribution < -0.4 is 16.8 Å². The molecule has 0 spiro atoms. The first kappa shape index (κ1) is 16.5. The van der Waals surface area contributed by atoms with Crippen molar-refractivity contribution in [3.63, 3.8) is 0 Å². The van der Waals surface area contributed by atoms with E-state index in [2.05, 4.69) is 17.4 Å². The highest BCUT2D eigenvalue weighted by molar-refractivity contribution is 5.87. The predicted molar refractivity (Wildman–Crippen MR) is 79.4 cm³/mol. The lowest BCUT2D eigenvalue weighted by molar-refractivity contribution is -0.126. The molecule has 110 valence electrons. The SMILES string of the molecule is Cl.NC(=O)CC(N)C(=O)NC1CCc2ccccc2C1. The Labute approximate surface area is 124 Å². The Kier molecular flexibility index (Phi) is 5.98. The number of hydrogen-bond acceptors (Lipinski definition) is 3. The van der Waals surface area contributed by atoms with Crippen LogP contribution in [-0.2, 0) is 22.4 Å². The lowest BCUT2D eigenvalue weighted by Gasteiger charge is -2.26. The topological polar surface area (TPSA) is 98.2 Å². The molecule has 0 aliphatic heterocycles. The summed E-state index contributed by atoms with van der Waals surface area (Å²) in [6.45, 7) is 0. The van der Waals surface area contributed by atoms with Crippen LogP contribution in [0.4, 0.5) is 0 Å². The zero-order valence-corrected chi connectivity index (χ0v) is 12.0. The molecule has 0 bridgehead atoms. The molecule has 1 aromatic carbocycles. The standard InChI is InChI=1S/C14H19N3O2.ClH/c15-12(8-13(16)18)14(19)17-11-6-5-9-3-1-2-4-10(9)7-11;/h1-4,11-12H,5-8,15H2,(H2,16,18)(H,17,19);1H. The number of amides is 2. The van der Waals surface area contributed by atoms with Crippen LogP contribution in [0.2, 0.25) is 0 Å². The summed E-state index contributed by atoms with van der Waals surface area (Å²) in [5.74, 6) is -0.861. The van der Waals surface area contributed by atoms with E-state index in [1.165, 1.54) is 11.1 Å². The Bertz CT molecular complexity index is 493. The normalized spacial score (nSPS) is 18.4. The second-order valence-corrected chi connectivity index (χ2v) is 4.99. The summed E-state index contributed by atoms with van der Waals surface area (Å²) in [6, 6.07) is 7.46. The highest BCUT2D eigenvalue weighted by Crippen LogP contribution is 2.20. The van der Waals surface area contributed by atoms with Crippen molar-refractivity contribution in [3.05, 3.63) is 35.4 Å². The van der Waals surface area contributed by atoms with Crippen LogP contribution in [0.15, 0.2) is 24.3 Å². The Hall–Kier alpha value is -1.59. The number of nitrogens with two attached hydrogens (primary N) is 2. The van der Waals surface area contributed by atoms with Gasteiger partial charge in [0.15, 0.2) is 0 Å². The van der Waals surface area contributed by atoms with Gasteiger partial charge in [-0.25, -0.2) is 0 Å². The third-order valence-corrected chi connectivity index (χ3v) is 3.45. The van der Waals surface area contributed by atoms with E-state index in [-0.39, 0.29) is 30.8 Å². The number of carbonyl (C=O) groups excluding carboxylic acids is 2. The largest absolute Gasteiger partial charge is 0.370 e. The first-order valence-electron chi connectivity index (χ1n) is 6.47. The molecule has 2 amide bonds. The van der Waals surface area contributed by atoms with Crippen molar-refractivity contribution in [3.8, 4) is 0 Å². The summed E-state index contributed by atoms with van der Waals surface area (Å²) in [6.07, 6.45) is 2.54. The monoisotopic (exact) mass is 297 g/mol. The van der Waals surface area contributed by atoms with Crippen LogP contribution in [-0.4, -0.2) is 23.9 Å². The van der Waals surface area contributed by atoms with Gasteiger partial charge < -0.3 is 16.8 Å². The minimum Gasteiger partial charge on any atom is -0.370 e. The van der Waals surface area contributed by atoms with Crippen molar-refractivity contribution in [2.75, 3.05) is 0 Å². The Morgan fingerprint density at radius 2 is 1.95 bits per heavy atom. The number of carbonyl (C=O) groups is 2. The van der Waals surface area contributed by atoms with E-state index in [1.54, 1.807) is 0 Å². The molecule has 0 aromatic heterocycles. The molecule has 2 unspecified atom stereocenters. The van der Waals surface area contributed by atoms with Crippen LogP contribution in [0.3, 0.4) is 0 Å². The summed E-state index contributed by atoms with van der Waals surface area (Å²) >= 11 is 0. The molecule has 0 saturated heterocycles. The maximum Gasteiger partial charge on any atom is 0.237 e. The third-order valence-electron chi connectivity index (χ3n) is 3.45. The summed E-state index contributed by atoms with van der Waals surface area (Å²) < 4.78 is 0. The molecule has 5 N–H and O–H groups in total. The van der Waals surface area contributed by atoms with E-state index in [1.807, 2.05) is 12.1 Å². The molecule has 2 atom stereocenters. The first-order valence-corrected chi connectivity index (χ1v) is 6.47. The van der Waals surface area contributed by atoms with Crippen molar-refractivity contribution >= 4 is 24.2 Å². The summed E-state index contributed by atoms with van der Waals surface area (Å²) in [7, 11) is 0. The van der Waals surface area contributed by atoms with E-state index < -0.39 is 11.9 Å². The zero-order valence-electron chi connectivity index (χ0n) is 11.2. The predicted octanol–water partition coefficient (Wildman–Crippen LogP) is 0.285. The second kappa shape index (κ2) is 7.26. The molecule has 20 heavy (non-hydrogen) atoms. The number of primary amides is 1. The highest BCUT2D eigenvalue weighted by Gasteiger charge is 2.23. The van der Waals surface area contributed by atoms with Gasteiger partial charge in [0, 0.05) is 6.04 Å². The van der Waals surface area contributed by atoms with Crippen molar-refractivity contribution in [1.29, 1.82) is 0 Å². The molecule has 0 fully saturated rings. The minimum atomic E-state index is -0.852. The van der Waals surface area contributed by atoms with Crippen molar-refractivity contribution in [2.45, 2.75) is 37.8 Å². The number of hydrogen-bond donors (Lipinski definition) is 3. The van der Waals surface area contributed by atoms with Gasteiger partial charge in [-0.3, -0.25) is 9.59 Å². The average Bonchev–Trinajstić information content (AvgIpc) is 2.37. The van der Waals surface area contributed by atoms with Gasteiger partial charge >= 0.3 is 0 Å². The fraction of sp³-hybridized carbons (Fsp3) is 0.429. The van der Waals surface area contributed by atoms with E-state index in [4.69, 9.17) is 11.5 Å². The van der Waals surface area contributed by atoms with Crippen LogP contribution in [0.5, 0.6) is 0 Å². The number of halogens is 1. The Morgan fingerprint density at radius 1 is 1.30 bits per heavy atom. The van der Waals surface area contributed by atoms with Crippen molar-refractivity contribution < 1.29 is 9.59 Å². The van der Waals surface area contributed by atoms with Crippen LogP contribution >= 0.6 is 12.4 Å². The van der Waals surface area contributed by atoms with Gasteiger partial charge in [-0.2, -0.15) is 0 Å². The van der Waals surface area contributed by atoms with Gasteiger partial charge in [0.2, 0.25) is 11.8 Å². The van der Waals surface area contributed by atoms with E-state index in [0.717, 1.165) is 19.3 Å². The molecule has 0 heterocycles. The summed E-state index contributed by atoms with van der Waals surface area (Å²) in [5.41, 5.74) is 13.3. The maximum absolute atomic E-state index is 11.8. The molecule has 0 radical (unpaired) electrons. The van der Waals surface area contributed by atoms with Crippen molar-refractivity contribution in [1.82, 2.24) is 5.32 Å². The minimum absolute atomic E-state index is 0. The van der Waals surface area contributed by atoms with Gasteiger partial charge in [-0.05, 0) is 30.4 Å². The van der Waals surface area contributed by atoms with E-state index in [0.29, 0.717) is 0 Å².